The molecule has 0 radical (unpaired) electrons. The van der Waals surface area contributed by atoms with Crippen LogP contribution in [0.3, 0.4) is 0 Å². The molecule has 1 amide bonds. The van der Waals surface area contributed by atoms with Crippen LogP contribution in [0.1, 0.15) is 25.3 Å². The van der Waals surface area contributed by atoms with Crippen molar-refractivity contribution >= 4 is 28.5 Å². The number of aliphatic hydroxyl groups excluding tert-OH is 1. The average Bonchev–Trinajstić information content (AvgIpc) is 2.29. The molecule has 4 heteroatoms. The van der Waals surface area contributed by atoms with E-state index >= 15 is 0 Å². The zero-order valence-corrected chi connectivity index (χ0v) is 12.1. The molecule has 3 nitrogen and oxygen atoms in total. The maximum atomic E-state index is 11.8. The molecule has 0 fully saturated rings. The van der Waals surface area contributed by atoms with E-state index < -0.39 is 0 Å². The van der Waals surface area contributed by atoms with E-state index in [4.69, 9.17) is 5.11 Å². The number of nitrogens with one attached hydrogen (secondary N) is 1. The molecule has 1 aromatic rings. The van der Waals surface area contributed by atoms with E-state index in [1.54, 1.807) is 0 Å². The molecule has 0 aliphatic carbocycles. The van der Waals surface area contributed by atoms with Crippen molar-refractivity contribution in [3.63, 3.8) is 0 Å². The zero-order chi connectivity index (χ0) is 12.7. The predicted molar refractivity (Wildman–Crippen MR) is 76.8 cm³/mol. The van der Waals surface area contributed by atoms with E-state index in [0.717, 1.165) is 22.0 Å². The van der Waals surface area contributed by atoms with Crippen LogP contribution >= 0.6 is 22.6 Å². The highest BCUT2D eigenvalue weighted by Gasteiger charge is 2.09. The van der Waals surface area contributed by atoms with Gasteiger partial charge in [0.2, 0.25) is 5.91 Å². The molecule has 0 spiro atoms. The summed E-state index contributed by atoms with van der Waals surface area (Å²) in [6, 6.07) is 8.00. The summed E-state index contributed by atoms with van der Waals surface area (Å²) in [5.74, 6) is 0.0413. The van der Waals surface area contributed by atoms with Gasteiger partial charge in [-0.3, -0.25) is 4.79 Å². The third-order valence-electron chi connectivity index (χ3n) is 2.51. The van der Waals surface area contributed by atoms with Gasteiger partial charge in [-0.05, 0) is 54.0 Å². The van der Waals surface area contributed by atoms with Gasteiger partial charge in [-0.25, -0.2) is 0 Å². The SMILES string of the molecule is CC(CCCO)NC(=O)Cc1ccccc1I. The van der Waals surface area contributed by atoms with Crippen molar-refractivity contribution in [3.05, 3.63) is 33.4 Å². The average molecular weight is 347 g/mol. The zero-order valence-electron chi connectivity index (χ0n) is 9.95. The predicted octanol–water partition coefficient (Wildman–Crippen LogP) is 2.11. The van der Waals surface area contributed by atoms with Crippen molar-refractivity contribution in [1.82, 2.24) is 5.32 Å². The van der Waals surface area contributed by atoms with Crippen molar-refractivity contribution in [2.24, 2.45) is 0 Å². The van der Waals surface area contributed by atoms with E-state index in [0.29, 0.717) is 6.42 Å². The van der Waals surface area contributed by atoms with Gasteiger partial charge in [0.1, 0.15) is 0 Å². The topological polar surface area (TPSA) is 49.3 Å². The lowest BCUT2D eigenvalue weighted by Crippen LogP contribution is -2.33. The van der Waals surface area contributed by atoms with Crippen LogP contribution in [0.15, 0.2) is 24.3 Å². The van der Waals surface area contributed by atoms with Gasteiger partial charge in [-0.2, -0.15) is 0 Å². The van der Waals surface area contributed by atoms with Crippen molar-refractivity contribution in [1.29, 1.82) is 0 Å². The van der Waals surface area contributed by atoms with Crippen LogP contribution in [0.25, 0.3) is 0 Å². The van der Waals surface area contributed by atoms with Crippen LogP contribution in [0, 0.1) is 3.57 Å². The summed E-state index contributed by atoms with van der Waals surface area (Å²) in [5.41, 5.74) is 1.06. The first kappa shape index (κ1) is 14.4. The fraction of sp³-hybridized carbons (Fsp3) is 0.462. The Bertz CT molecular complexity index is 368. The first-order valence-corrected chi connectivity index (χ1v) is 6.85. The Hall–Kier alpha value is -0.620. The summed E-state index contributed by atoms with van der Waals surface area (Å²) in [6.07, 6.45) is 1.96. The van der Waals surface area contributed by atoms with E-state index in [-0.39, 0.29) is 18.6 Å². The van der Waals surface area contributed by atoms with E-state index in [1.165, 1.54) is 0 Å². The van der Waals surface area contributed by atoms with Crippen molar-refractivity contribution < 1.29 is 9.90 Å². The number of amides is 1. The molecule has 0 aliphatic heterocycles. The minimum atomic E-state index is 0.0413. The molecule has 94 valence electrons. The van der Waals surface area contributed by atoms with Crippen LogP contribution in [0.4, 0.5) is 0 Å². The van der Waals surface area contributed by atoms with Crippen molar-refractivity contribution in [2.75, 3.05) is 6.61 Å². The van der Waals surface area contributed by atoms with Crippen LogP contribution in [0.2, 0.25) is 0 Å². The Kier molecular flexibility index (Phi) is 6.50. The molecule has 2 N–H and O–H groups in total. The Morgan fingerprint density at radius 1 is 1.47 bits per heavy atom. The normalized spacial score (nSPS) is 12.2. The molecule has 0 saturated heterocycles. The Morgan fingerprint density at radius 3 is 2.82 bits per heavy atom. The quantitative estimate of drug-likeness (QED) is 0.775. The van der Waals surface area contributed by atoms with Crippen LogP contribution in [0.5, 0.6) is 0 Å². The minimum absolute atomic E-state index is 0.0413. The van der Waals surface area contributed by atoms with Gasteiger partial charge in [-0.1, -0.05) is 18.2 Å². The summed E-state index contributed by atoms with van der Waals surface area (Å²) >= 11 is 2.24. The molecule has 0 saturated carbocycles. The van der Waals surface area contributed by atoms with E-state index in [2.05, 4.69) is 27.9 Å². The lowest BCUT2D eigenvalue weighted by molar-refractivity contribution is -0.121. The lowest BCUT2D eigenvalue weighted by atomic mass is 10.1. The second-order valence-corrected chi connectivity index (χ2v) is 5.26. The molecule has 0 bridgehead atoms. The number of hydrogen-bond donors (Lipinski definition) is 2. The Morgan fingerprint density at radius 2 is 2.18 bits per heavy atom. The summed E-state index contributed by atoms with van der Waals surface area (Å²) in [6.45, 7) is 2.14. The maximum Gasteiger partial charge on any atom is 0.224 e. The van der Waals surface area contributed by atoms with Crippen LogP contribution in [-0.2, 0) is 11.2 Å². The van der Waals surface area contributed by atoms with Gasteiger partial charge in [-0.15, -0.1) is 0 Å². The largest absolute Gasteiger partial charge is 0.396 e. The van der Waals surface area contributed by atoms with E-state index in [9.17, 15) is 4.79 Å². The third kappa shape index (κ3) is 5.50. The standard InChI is InChI=1S/C13H18INO2/c1-10(5-4-8-16)15-13(17)9-11-6-2-3-7-12(11)14/h2-3,6-7,10,16H,4-5,8-9H2,1H3,(H,15,17). The maximum absolute atomic E-state index is 11.8. The molecule has 1 atom stereocenters. The first-order valence-electron chi connectivity index (χ1n) is 5.77. The van der Waals surface area contributed by atoms with Gasteiger partial charge in [0.15, 0.2) is 0 Å². The number of halogens is 1. The summed E-state index contributed by atoms with van der Waals surface area (Å²) < 4.78 is 1.11. The highest BCUT2D eigenvalue weighted by atomic mass is 127. The van der Waals surface area contributed by atoms with Gasteiger partial charge in [0.05, 0.1) is 6.42 Å². The first-order chi connectivity index (χ1) is 8.13. The fourth-order valence-electron chi connectivity index (χ4n) is 1.61. The molecule has 0 aromatic heterocycles. The highest BCUT2D eigenvalue weighted by molar-refractivity contribution is 14.1. The van der Waals surface area contributed by atoms with Gasteiger partial charge in [0.25, 0.3) is 0 Å². The lowest BCUT2D eigenvalue weighted by Gasteiger charge is -2.13. The Balaban J connectivity index is 2.42. The molecule has 1 unspecified atom stereocenters. The van der Waals surface area contributed by atoms with Gasteiger partial charge < -0.3 is 10.4 Å². The number of benzene rings is 1. The van der Waals surface area contributed by atoms with Gasteiger partial charge >= 0.3 is 0 Å². The number of carbonyl (C=O) groups is 1. The Labute approximate surface area is 116 Å². The molecule has 0 aliphatic rings. The van der Waals surface area contributed by atoms with Crippen LogP contribution in [-0.4, -0.2) is 23.7 Å². The molecular formula is C13H18INO2. The number of aliphatic hydroxyl groups is 1. The number of hydrogen-bond acceptors (Lipinski definition) is 2. The monoisotopic (exact) mass is 347 g/mol. The number of carbonyl (C=O) groups excluding carboxylic acids is 1. The molecule has 1 aromatic carbocycles. The van der Waals surface area contributed by atoms with Gasteiger partial charge in [0, 0.05) is 16.2 Å². The number of rotatable bonds is 6. The van der Waals surface area contributed by atoms with Crippen molar-refractivity contribution in [3.8, 4) is 0 Å². The molecular weight excluding hydrogens is 329 g/mol. The smallest absolute Gasteiger partial charge is 0.224 e. The highest BCUT2D eigenvalue weighted by Crippen LogP contribution is 2.12. The van der Waals surface area contributed by atoms with E-state index in [1.807, 2.05) is 31.2 Å². The third-order valence-corrected chi connectivity index (χ3v) is 3.56. The summed E-state index contributed by atoms with van der Waals surface area (Å²) in [7, 11) is 0. The summed E-state index contributed by atoms with van der Waals surface area (Å²) in [4.78, 5) is 11.8. The molecule has 1 rings (SSSR count). The minimum Gasteiger partial charge on any atom is -0.396 e. The summed E-state index contributed by atoms with van der Waals surface area (Å²) in [5, 5.41) is 11.6. The van der Waals surface area contributed by atoms with Crippen molar-refractivity contribution in [2.45, 2.75) is 32.2 Å². The second kappa shape index (κ2) is 7.66. The molecule has 17 heavy (non-hydrogen) atoms. The van der Waals surface area contributed by atoms with Crippen LogP contribution < -0.4 is 5.32 Å². The second-order valence-electron chi connectivity index (χ2n) is 4.10. The molecule has 0 heterocycles. The fourth-order valence-corrected chi connectivity index (χ4v) is 2.19.